The highest BCUT2D eigenvalue weighted by molar-refractivity contribution is 5.99. The van der Waals surface area contributed by atoms with Gasteiger partial charge in [0.1, 0.15) is 5.75 Å². The molecule has 0 radical (unpaired) electrons. The van der Waals surface area contributed by atoms with Crippen LogP contribution in [-0.4, -0.2) is 111 Å². The van der Waals surface area contributed by atoms with E-state index in [1.54, 1.807) is 23.1 Å². The van der Waals surface area contributed by atoms with Crippen molar-refractivity contribution in [3.8, 4) is 17.2 Å². The summed E-state index contributed by atoms with van der Waals surface area (Å²) in [4.78, 5) is 33.0. The van der Waals surface area contributed by atoms with E-state index in [0.717, 1.165) is 49.3 Å². The number of nitrogens with one attached hydrogen (secondary N) is 1. The van der Waals surface area contributed by atoms with Gasteiger partial charge in [0.05, 0.1) is 30.4 Å². The fourth-order valence-corrected chi connectivity index (χ4v) is 5.96. The summed E-state index contributed by atoms with van der Waals surface area (Å²) >= 11 is 0. The average molecular weight is 655 g/mol. The van der Waals surface area contributed by atoms with Gasteiger partial charge in [0.2, 0.25) is 12.7 Å². The van der Waals surface area contributed by atoms with Gasteiger partial charge in [-0.2, -0.15) is 0 Å². The Hall–Kier alpha value is -3.38. The molecule has 2 aromatic carbocycles. The molecule has 4 rings (SSSR count). The van der Waals surface area contributed by atoms with Crippen LogP contribution in [0.15, 0.2) is 36.4 Å². The molecular formula is C36H54N4O7. The third-order valence-corrected chi connectivity index (χ3v) is 8.73. The Bertz CT molecular complexity index is 1320. The van der Waals surface area contributed by atoms with Crippen LogP contribution in [0.3, 0.4) is 0 Å². The van der Waals surface area contributed by atoms with Crippen molar-refractivity contribution in [2.45, 2.75) is 77.7 Å². The maximum absolute atomic E-state index is 14.4. The molecule has 11 heteroatoms. The first-order chi connectivity index (χ1) is 22.5. The second kappa shape index (κ2) is 17.7. The van der Waals surface area contributed by atoms with Gasteiger partial charge in [-0.15, -0.1) is 0 Å². The minimum atomic E-state index is -0.445. The summed E-state index contributed by atoms with van der Waals surface area (Å²) < 4.78 is 23.9. The van der Waals surface area contributed by atoms with E-state index in [-0.39, 0.29) is 43.3 Å². The molecule has 2 aliphatic heterocycles. The Kier molecular flexibility index (Phi) is 13.7. The molecular weight excluding hydrogens is 600 g/mol. The predicted octanol–water partition coefficient (Wildman–Crippen LogP) is 4.62. The van der Waals surface area contributed by atoms with E-state index in [1.165, 1.54) is 0 Å². The zero-order chi connectivity index (χ0) is 33.9. The van der Waals surface area contributed by atoms with Crippen LogP contribution < -0.4 is 19.5 Å². The lowest BCUT2D eigenvalue weighted by Gasteiger charge is -2.36. The molecule has 0 bridgehead atoms. The van der Waals surface area contributed by atoms with Gasteiger partial charge in [-0.1, -0.05) is 13.0 Å². The SMILES string of the molecule is C[C@@H]1CCCCO[C@@H](CN(C)Cc2ccc3c(c2)OCO3)[C@@H](C)CN([C@H](C)CO)C(=O)c2cc(NC(=O)CCCN(C)C)ccc2O1. The number of hydrogen-bond donors (Lipinski definition) is 2. The maximum Gasteiger partial charge on any atom is 0.258 e. The third kappa shape index (κ3) is 10.8. The third-order valence-electron chi connectivity index (χ3n) is 8.73. The molecule has 0 spiro atoms. The number of ether oxygens (including phenoxy) is 4. The number of benzene rings is 2. The fourth-order valence-electron chi connectivity index (χ4n) is 5.96. The number of hydrogen-bond acceptors (Lipinski definition) is 9. The van der Waals surface area contributed by atoms with Crippen LogP contribution in [0, 0.1) is 5.92 Å². The number of nitrogens with zero attached hydrogens (tertiary/aromatic N) is 3. The summed E-state index contributed by atoms with van der Waals surface area (Å²) in [6.07, 6.45) is 3.46. The minimum Gasteiger partial charge on any atom is -0.490 e. The molecule has 260 valence electrons. The summed E-state index contributed by atoms with van der Waals surface area (Å²) in [7, 11) is 6.02. The van der Waals surface area contributed by atoms with Crippen LogP contribution in [0.5, 0.6) is 17.2 Å². The van der Waals surface area contributed by atoms with Gasteiger partial charge in [0, 0.05) is 44.3 Å². The molecule has 2 N–H and O–H groups in total. The Morgan fingerprint density at radius 1 is 1.06 bits per heavy atom. The van der Waals surface area contributed by atoms with E-state index in [1.807, 2.05) is 51.0 Å². The van der Waals surface area contributed by atoms with Crippen LogP contribution in [0.1, 0.15) is 68.8 Å². The number of anilines is 1. The van der Waals surface area contributed by atoms with Gasteiger partial charge in [-0.3, -0.25) is 14.5 Å². The highest BCUT2D eigenvalue weighted by Crippen LogP contribution is 2.33. The molecule has 11 nitrogen and oxygen atoms in total. The number of carbonyl (C=O) groups excluding carboxylic acids is 2. The number of aliphatic hydroxyl groups is 1. The van der Waals surface area contributed by atoms with Gasteiger partial charge < -0.3 is 39.2 Å². The first kappa shape index (κ1) is 36.5. The molecule has 0 aromatic heterocycles. The van der Waals surface area contributed by atoms with E-state index in [9.17, 15) is 14.7 Å². The lowest BCUT2D eigenvalue weighted by Crippen LogP contribution is -2.47. The van der Waals surface area contributed by atoms with Crippen LogP contribution in [0.2, 0.25) is 0 Å². The highest BCUT2D eigenvalue weighted by Gasteiger charge is 2.30. The number of carbonyl (C=O) groups is 2. The Morgan fingerprint density at radius 2 is 1.83 bits per heavy atom. The first-order valence-electron chi connectivity index (χ1n) is 16.9. The Morgan fingerprint density at radius 3 is 2.60 bits per heavy atom. The van der Waals surface area contributed by atoms with Crippen molar-refractivity contribution >= 4 is 17.5 Å². The summed E-state index contributed by atoms with van der Waals surface area (Å²) in [6, 6.07) is 10.8. The average Bonchev–Trinajstić information content (AvgIpc) is 3.50. The lowest BCUT2D eigenvalue weighted by atomic mass is 10.0. The predicted molar refractivity (Wildman–Crippen MR) is 182 cm³/mol. The van der Waals surface area contributed by atoms with Crippen molar-refractivity contribution in [3.63, 3.8) is 0 Å². The molecule has 0 fully saturated rings. The topological polar surface area (TPSA) is 113 Å². The van der Waals surface area contributed by atoms with Crippen LogP contribution in [0.4, 0.5) is 5.69 Å². The number of likely N-dealkylation sites (N-methyl/N-ethyl adjacent to an activating group) is 1. The van der Waals surface area contributed by atoms with Gasteiger partial charge in [0.25, 0.3) is 5.91 Å². The molecule has 4 atom stereocenters. The van der Waals surface area contributed by atoms with Crippen LogP contribution >= 0.6 is 0 Å². The zero-order valence-corrected chi connectivity index (χ0v) is 29.0. The van der Waals surface area contributed by atoms with Crippen LogP contribution in [0.25, 0.3) is 0 Å². The molecule has 0 saturated heterocycles. The first-order valence-corrected chi connectivity index (χ1v) is 16.9. The van der Waals surface area contributed by atoms with Gasteiger partial charge in [-0.05, 0) is 103 Å². The smallest absolute Gasteiger partial charge is 0.258 e. The molecule has 0 aliphatic carbocycles. The van der Waals surface area contributed by atoms with Gasteiger partial charge in [-0.25, -0.2) is 0 Å². The number of fused-ring (bicyclic) bond motifs is 2. The molecule has 2 aromatic rings. The van der Waals surface area contributed by atoms with Crippen molar-refractivity contribution in [1.29, 1.82) is 0 Å². The van der Waals surface area contributed by atoms with E-state index in [0.29, 0.717) is 49.7 Å². The normalized spacial score (nSPS) is 21.3. The summed E-state index contributed by atoms with van der Waals surface area (Å²) in [5.41, 5.74) is 2.02. The van der Waals surface area contributed by atoms with E-state index in [2.05, 4.69) is 24.2 Å². The molecule has 0 unspecified atom stereocenters. The Labute approximate surface area is 280 Å². The zero-order valence-electron chi connectivity index (χ0n) is 29.0. The second-order valence-corrected chi connectivity index (χ2v) is 13.4. The summed E-state index contributed by atoms with van der Waals surface area (Å²) in [6.45, 7) is 9.15. The molecule has 47 heavy (non-hydrogen) atoms. The van der Waals surface area contributed by atoms with Crippen molar-refractivity contribution in [1.82, 2.24) is 14.7 Å². The highest BCUT2D eigenvalue weighted by atomic mass is 16.7. The van der Waals surface area contributed by atoms with E-state index in [4.69, 9.17) is 18.9 Å². The van der Waals surface area contributed by atoms with Gasteiger partial charge >= 0.3 is 0 Å². The number of amides is 2. The van der Waals surface area contributed by atoms with Crippen molar-refractivity contribution in [2.24, 2.45) is 5.92 Å². The lowest BCUT2D eigenvalue weighted by molar-refractivity contribution is -0.116. The summed E-state index contributed by atoms with van der Waals surface area (Å²) in [5.74, 6) is 1.60. The van der Waals surface area contributed by atoms with Crippen molar-refractivity contribution < 1.29 is 33.6 Å². The Balaban J connectivity index is 1.54. The minimum absolute atomic E-state index is 0.0435. The molecule has 0 saturated carbocycles. The maximum atomic E-state index is 14.4. The fraction of sp³-hybridized carbons (Fsp3) is 0.611. The second-order valence-electron chi connectivity index (χ2n) is 13.4. The monoisotopic (exact) mass is 654 g/mol. The standard InChI is InChI=1S/C36H54N4O7/c1-25-20-40(26(2)23-41)36(43)30-19-29(37-35(42)11-9-16-38(4)5)13-15-31(30)47-27(3)10-7-8-17-44-34(25)22-39(6)21-28-12-14-32-33(18-28)46-24-45-32/h12-15,18-19,25-27,34,41H,7-11,16-17,20-24H2,1-6H3,(H,37,42)/t25-,26+,27+,34-/m0/s1. The number of aliphatic hydroxyl groups excluding tert-OH is 1. The van der Waals surface area contributed by atoms with Crippen molar-refractivity contribution in [2.75, 3.05) is 66.1 Å². The largest absolute Gasteiger partial charge is 0.490 e. The molecule has 2 aliphatic rings. The van der Waals surface area contributed by atoms with E-state index >= 15 is 0 Å². The molecule has 2 heterocycles. The van der Waals surface area contributed by atoms with Crippen molar-refractivity contribution in [3.05, 3.63) is 47.5 Å². The van der Waals surface area contributed by atoms with Gasteiger partial charge in [0.15, 0.2) is 11.5 Å². The van der Waals surface area contributed by atoms with E-state index < -0.39 is 6.04 Å². The summed E-state index contributed by atoms with van der Waals surface area (Å²) in [5, 5.41) is 13.2. The number of rotatable bonds is 11. The van der Waals surface area contributed by atoms with Crippen LogP contribution in [-0.2, 0) is 16.1 Å². The quantitative estimate of drug-likeness (QED) is 0.358. The molecule has 2 amide bonds.